The molecule has 0 heterocycles. The molecule has 3 atom stereocenters. The first kappa shape index (κ1) is 54.3. The molecule has 0 fully saturated rings. The van der Waals surface area contributed by atoms with Crippen molar-refractivity contribution in [1.29, 1.82) is 0 Å². The maximum atomic E-state index is 12.5. The number of amides is 1. The molecule has 0 saturated carbocycles. The van der Waals surface area contributed by atoms with E-state index in [1.807, 2.05) is 6.08 Å². The minimum atomic E-state index is -0.962. The Morgan fingerprint density at radius 3 is 1.14 bits per heavy atom. The van der Waals surface area contributed by atoms with Crippen LogP contribution in [0.2, 0.25) is 0 Å². The fourth-order valence-corrected chi connectivity index (χ4v) is 7.31. The number of unbranched alkanes of at least 4 members (excludes halogenated alkanes) is 29. The van der Waals surface area contributed by atoms with Crippen molar-refractivity contribution in [3.63, 3.8) is 0 Å². The van der Waals surface area contributed by atoms with Gasteiger partial charge in [-0.15, -0.1) is 0 Å². The summed E-state index contributed by atoms with van der Waals surface area (Å²) >= 11 is 0. The van der Waals surface area contributed by atoms with Gasteiger partial charge in [0.25, 0.3) is 0 Å². The molecule has 0 aliphatic heterocycles. The molecule has 0 aromatic rings. The lowest BCUT2D eigenvalue weighted by Crippen LogP contribution is -2.45. The highest BCUT2D eigenvalue weighted by Crippen LogP contribution is 2.15. The number of carbonyl (C=O) groups is 1. The van der Waals surface area contributed by atoms with Crippen LogP contribution in [-0.4, -0.2) is 46.1 Å². The summed E-state index contributed by atoms with van der Waals surface area (Å²) in [4.78, 5) is 12.5. The second-order valence-electron chi connectivity index (χ2n) is 16.7. The number of allylic oxidation sites excluding steroid dienone is 7. The van der Waals surface area contributed by atoms with Gasteiger partial charge in [0.1, 0.15) is 0 Å². The van der Waals surface area contributed by atoms with Gasteiger partial charge in [-0.3, -0.25) is 4.79 Å². The highest BCUT2D eigenvalue weighted by atomic mass is 16.3. The Morgan fingerprint density at radius 2 is 0.768 bits per heavy atom. The standard InChI is InChI=1S/C51H95NO4/c1-3-5-7-9-11-13-15-17-19-21-23-24-25-26-27-28-30-32-34-36-38-40-42-44-48(54)46-51(56)52-49(47-53)50(55)45-43-41-39-37-35-33-31-29-22-20-18-16-14-12-10-8-6-4-2/h22,26-27,29,35,37,43,45,48-50,53-55H,3-21,23-25,28,30-34,36,38-42,44,46-47H2,1-2H3,(H,52,56)/b27-26-,29-22+,37-35+,45-43+. The van der Waals surface area contributed by atoms with Gasteiger partial charge in [0, 0.05) is 0 Å². The van der Waals surface area contributed by atoms with E-state index in [2.05, 4.69) is 55.6 Å². The van der Waals surface area contributed by atoms with Crippen molar-refractivity contribution in [2.45, 2.75) is 263 Å². The number of nitrogens with one attached hydrogen (secondary N) is 1. The third kappa shape index (κ3) is 41.9. The Morgan fingerprint density at radius 1 is 0.446 bits per heavy atom. The quantitative estimate of drug-likeness (QED) is 0.0366. The zero-order valence-electron chi connectivity index (χ0n) is 37.3. The maximum absolute atomic E-state index is 12.5. The van der Waals surface area contributed by atoms with E-state index in [1.165, 1.54) is 180 Å². The average molecular weight is 786 g/mol. The number of aliphatic hydroxyl groups excluding tert-OH is 3. The van der Waals surface area contributed by atoms with Crippen LogP contribution in [0, 0.1) is 0 Å². The van der Waals surface area contributed by atoms with Crippen LogP contribution in [0.4, 0.5) is 0 Å². The summed E-state index contributed by atoms with van der Waals surface area (Å²) in [5.74, 6) is -0.332. The van der Waals surface area contributed by atoms with Crippen LogP contribution >= 0.6 is 0 Å². The van der Waals surface area contributed by atoms with E-state index in [1.54, 1.807) is 6.08 Å². The molecule has 4 N–H and O–H groups in total. The van der Waals surface area contributed by atoms with Crippen molar-refractivity contribution in [1.82, 2.24) is 5.32 Å². The minimum absolute atomic E-state index is 0.00105. The van der Waals surface area contributed by atoms with Gasteiger partial charge in [-0.2, -0.15) is 0 Å². The summed E-state index contributed by atoms with van der Waals surface area (Å²) in [6.45, 7) is 4.20. The lowest BCUT2D eigenvalue weighted by Gasteiger charge is -2.21. The van der Waals surface area contributed by atoms with Crippen molar-refractivity contribution in [2.75, 3.05) is 6.61 Å². The predicted molar refractivity (Wildman–Crippen MR) is 245 cm³/mol. The van der Waals surface area contributed by atoms with Crippen LogP contribution in [0.25, 0.3) is 0 Å². The van der Waals surface area contributed by atoms with E-state index >= 15 is 0 Å². The predicted octanol–water partition coefficient (Wildman–Crippen LogP) is 14.5. The first-order valence-electron chi connectivity index (χ1n) is 24.4. The van der Waals surface area contributed by atoms with E-state index in [9.17, 15) is 20.1 Å². The fourth-order valence-electron chi connectivity index (χ4n) is 7.31. The second kappa shape index (κ2) is 46.0. The summed E-state index contributed by atoms with van der Waals surface area (Å²) < 4.78 is 0. The Hall–Kier alpha value is -1.69. The van der Waals surface area contributed by atoms with Crippen molar-refractivity contribution < 1.29 is 20.1 Å². The molecule has 0 aromatic heterocycles. The summed E-state index contributed by atoms with van der Waals surface area (Å²) in [5.41, 5.74) is 0. The van der Waals surface area contributed by atoms with Crippen LogP contribution < -0.4 is 5.32 Å². The second-order valence-corrected chi connectivity index (χ2v) is 16.7. The molecule has 0 aliphatic rings. The number of hydrogen-bond acceptors (Lipinski definition) is 4. The maximum Gasteiger partial charge on any atom is 0.222 e. The molecule has 1 amide bonds. The Kier molecular flexibility index (Phi) is 44.6. The zero-order valence-corrected chi connectivity index (χ0v) is 37.3. The monoisotopic (exact) mass is 786 g/mol. The molecule has 0 saturated heterocycles. The van der Waals surface area contributed by atoms with Crippen LogP contribution in [0.3, 0.4) is 0 Å². The van der Waals surface area contributed by atoms with Gasteiger partial charge in [-0.1, -0.05) is 217 Å². The Bertz CT molecular complexity index is 912. The summed E-state index contributed by atoms with van der Waals surface area (Å²) in [5, 5.41) is 33.3. The minimum Gasteiger partial charge on any atom is -0.394 e. The van der Waals surface area contributed by atoms with Crippen molar-refractivity contribution in [3.8, 4) is 0 Å². The third-order valence-corrected chi connectivity index (χ3v) is 11.1. The summed E-state index contributed by atoms with van der Waals surface area (Å²) in [6, 6.07) is -0.770. The van der Waals surface area contributed by atoms with E-state index in [0.717, 1.165) is 38.5 Å². The van der Waals surface area contributed by atoms with Gasteiger partial charge in [-0.25, -0.2) is 0 Å². The van der Waals surface area contributed by atoms with Crippen molar-refractivity contribution >= 4 is 5.91 Å². The van der Waals surface area contributed by atoms with Crippen molar-refractivity contribution in [2.24, 2.45) is 0 Å². The topological polar surface area (TPSA) is 89.8 Å². The third-order valence-electron chi connectivity index (χ3n) is 11.1. The van der Waals surface area contributed by atoms with Crippen LogP contribution in [0.5, 0.6) is 0 Å². The Labute approximate surface area is 348 Å². The van der Waals surface area contributed by atoms with E-state index in [-0.39, 0.29) is 18.9 Å². The molecule has 5 nitrogen and oxygen atoms in total. The number of carbonyl (C=O) groups excluding carboxylic acids is 1. The van der Waals surface area contributed by atoms with Gasteiger partial charge in [0.15, 0.2) is 0 Å². The van der Waals surface area contributed by atoms with Gasteiger partial charge in [-0.05, 0) is 70.6 Å². The molecule has 0 aromatic carbocycles. The first-order chi connectivity index (χ1) is 27.5. The number of hydrogen-bond donors (Lipinski definition) is 4. The molecule has 0 rings (SSSR count). The molecule has 0 radical (unpaired) electrons. The number of rotatable bonds is 44. The Balaban J connectivity index is 3.69. The lowest BCUT2D eigenvalue weighted by atomic mass is 10.0. The van der Waals surface area contributed by atoms with Crippen molar-refractivity contribution in [3.05, 3.63) is 48.6 Å². The molecule has 56 heavy (non-hydrogen) atoms. The molecule has 328 valence electrons. The fraction of sp³-hybridized carbons (Fsp3) is 0.824. The molecular weight excluding hydrogens is 691 g/mol. The summed E-state index contributed by atoms with van der Waals surface area (Å²) in [7, 11) is 0. The van der Waals surface area contributed by atoms with Gasteiger partial charge < -0.3 is 20.6 Å². The SMILES string of the molecule is CCCCCCCCCC/C=C/CC/C=C/CC/C=C/C(O)C(CO)NC(=O)CC(O)CCCCCCCCC/C=C\CCCCCCCCCCCCCC. The molecular formula is C51H95NO4. The molecule has 0 aliphatic carbocycles. The molecule has 0 bridgehead atoms. The van der Waals surface area contributed by atoms with E-state index < -0.39 is 18.2 Å². The smallest absolute Gasteiger partial charge is 0.222 e. The zero-order chi connectivity index (χ0) is 40.8. The van der Waals surface area contributed by atoms with Gasteiger partial charge in [0.2, 0.25) is 5.91 Å². The first-order valence-corrected chi connectivity index (χ1v) is 24.4. The average Bonchev–Trinajstić information content (AvgIpc) is 3.19. The van der Waals surface area contributed by atoms with Gasteiger partial charge in [0.05, 0.1) is 31.3 Å². The largest absolute Gasteiger partial charge is 0.394 e. The highest BCUT2D eigenvalue weighted by molar-refractivity contribution is 5.76. The van der Waals surface area contributed by atoms with E-state index in [0.29, 0.717) is 6.42 Å². The molecule has 3 unspecified atom stereocenters. The van der Waals surface area contributed by atoms with Crippen LogP contribution in [-0.2, 0) is 4.79 Å². The molecule has 0 spiro atoms. The highest BCUT2D eigenvalue weighted by Gasteiger charge is 2.20. The van der Waals surface area contributed by atoms with Gasteiger partial charge >= 0.3 is 0 Å². The van der Waals surface area contributed by atoms with E-state index in [4.69, 9.17) is 0 Å². The number of aliphatic hydroxyl groups is 3. The van der Waals surface area contributed by atoms with Crippen LogP contribution in [0.1, 0.15) is 245 Å². The summed E-state index contributed by atoms with van der Waals surface area (Å²) in [6.07, 6.45) is 59.8. The molecule has 5 heteroatoms. The normalized spacial score (nSPS) is 13.9. The lowest BCUT2D eigenvalue weighted by molar-refractivity contribution is -0.124. The van der Waals surface area contributed by atoms with Crippen LogP contribution in [0.15, 0.2) is 48.6 Å².